The lowest BCUT2D eigenvalue weighted by molar-refractivity contribution is -0.190. The first-order chi connectivity index (χ1) is 5.88. The minimum atomic E-state index is -0.626. The highest BCUT2D eigenvalue weighted by Crippen LogP contribution is 2.32. The van der Waals surface area contributed by atoms with Gasteiger partial charge < -0.3 is 9.84 Å². The Balaban J connectivity index is 2.40. The zero-order valence-corrected chi connectivity index (χ0v) is 8.84. The molecule has 1 N–H and O–H groups in total. The summed E-state index contributed by atoms with van der Waals surface area (Å²) in [5, 5.41) is 9.74. The number of hydrogen-bond acceptors (Lipinski definition) is 2. The average molecular weight is 184 g/mol. The SMILES string of the molecule is C=C1CCC(C(O)OC(C)(C)C)C1. The standard InChI is InChI=1S/C11H20O2/c1-8-5-6-9(7-8)10(12)13-11(2,3)4/h9-10,12H,1,5-7H2,2-4H3. The van der Waals surface area contributed by atoms with E-state index in [2.05, 4.69) is 6.58 Å². The van der Waals surface area contributed by atoms with Gasteiger partial charge in [0.25, 0.3) is 0 Å². The predicted molar refractivity (Wildman–Crippen MR) is 53.3 cm³/mol. The van der Waals surface area contributed by atoms with Crippen molar-refractivity contribution in [3.63, 3.8) is 0 Å². The van der Waals surface area contributed by atoms with Crippen LogP contribution in [0.2, 0.25) is 0 Å². The third-order valence-electron chi connectivity index (χ3n) is 2.30. The Labute approximate surface area is 80.6 Å². The number of aliphatic hydroxyl groups excluding tert-OH is 1. The summed E-state index contributed by atoms with van der Waals surface area (Å²) in [5.41, 5.74) is 0.977. The summed E-state index contributed by atoms with van der Waals surface area (Å²) < 4.78 is 5.48. The van der Waals surface area contributed by atoms with E-state index in [0.29, 0.717) is 0 Å². The number of aliphatic hydroxyl groups is 1. The monoisotopic (exact) mass is 184 g/mol. The lowest BCUT2D eigenvalue weighted by Crippen LogP contribution is -2.31. The number of ether oxygens (including phenoxy) is 1. The van der Waals surface area contributed by atoms with Crippen molar-refractivity contribution < 1.29 is 9.84 Å². The van der Waals surface area contributed by atoms with Crippen LogP contribution >= 0.6 is 0 Å². The predicted octanol–water partition coefficient (Wildman–Crippen LogP) is 2.48. The fourth-order valence-corrected chi connectivity index (χ4v) is 1.67. The molecule has 2 atom stereocenters. The molecule has 0 heterocycles. The fourth-order valence-electron chi connectivity index (χ4n) is 1.67. The van der Waals surface area contributed by atoms with E-state index in [1.165, 1.54) is 5.57 Å². The Morgan fingerprint density at radius 1 is 1.54 bits per heavy atom. The average Bonchev–Trinajstić information content (AvgIpc) is 2.31. The first kappa shape index (κ1) is 10.7. The molecule has 1 aliphatic rings. The van der Waals surface area contributed by atoms with E-state index in [4.69, 9.17) is 4.74 Å². The second-order valence-electron chi connectivity index (χ2n) is 4.87. The molecule has 0 aromatic heterocycles. The molecule has 0 amide bonds. The largest absolute Gasteiger partial charge is 0.368 e. The molecule has 0 radical (unpaired) electrons. The van der Waals surface area contributed by atoms with Crippen molar-refractivity contribution in [3.05, 3.63) is 12.2 Å². The summed E-state index contributed by atoms with van der Waals surface area (Å²) in [6, 6.07) is 0. The van der Waals surface area contributed by atoms with Gasteiger partial charge in [-0.2, -0.15) is 0 Å². The molecule has 13 heavy (non-hydrogen) atoms. The Hall–Kier alpha value is -0.340. The van der Waals surface area contributed by atoms with Crippen LogP contribution in [0.1, 0.15) is 40.0 Å². The fraction of sp³-hybridized carbons (Fsp3) is 0.818. The van der Waals surface area contributed by atoms with E-state index < -0.39 is 6.29 Å². The van der Waals surface area contributed by atoms with E-state index in [9.17, 15) is 5.11 Å². The minimum Gasteiger partial charge on any atom is -0.368 e. The molecule has 0 aromatic rings. The van der Waals surface area contributed by atoms with Gasteiger partial charge in [0.05, 0.1) is 5.60 Å². The minimum absolute atomic E-state index is 0.256. The van der Waals surface area contributed by atoms with Gasteiger partial charge in [-0.3, -0.25) is 0 Å². The van der Waals surface area contributed by atoms with E-state index in [1.807, 2.05) is 20.8 Å². The molecule has 2 nitrogen and oxygen atoms in total. The Kier molecular flexibility index (Phi) is 3.14. The van der Waals surface area contributed by atoms with Gasteiger partial charge in [0.1, 0.15) is 0 Å². The quantitative estimate of drug-likeness (QED) is 0.527. The van der Waals surface area contributed by atoms with Crippen molar-refractivity contribution in [2.24, 2.45) is 5.92 Å². The molecule has 1 fully saturated rings. The molecule has 0 saturated heterocycles. The van der Waals surface area contributed by atoms with Crippen LogP contribution in [-0.2, 0) is 4.74 Å². The molecular weight excluding hydrogens is 164 g/mol. The summed E-state index contributed by atoms with van der Waals surface area (Å²) in [4.78, 5) is 0. The molecule has 0 spiro atoms. The van der Waals surface area contributed by atoms with Crippen LogP contribution in [0.3, 0.4) is 0 Å². The highest BCUT2D eigenvalue weighted by Gasteiger charge is 2.28. The van der Waals surface area contributed by atoms with Crippen LogP contribution in [0.4, 0.5) is 0 Å². The van der Waals surface area contributed by atoms with Gasteiger partial charge in [0.2, 0.25) is 0 Å². The van der Waals surface area contributed by atoms with E-state index in [-0.39, 0.29) is 11.5 Å². The normalized spacial score (nSPS) is 26.5. The molecule has 0 aromatic carbocycles. The van der Waals surface area contributed by atoms with Crippen molar-refractivity contribution in [2.75, 3.05) is 0 Å². The second kappa shape index (κ2) is 3.81. The molecule has 76 valence electrons. The van der Waals surface area contributed by atoms with Gasteiger partial charge >= 0.3 is 0 Å². The Morgan fingerprint density at radius 2 is 2.15 bits per heavy atom. The van der Waals surface area contributed by atoms with Crippen LogP contribution < -0.4 is 0 Å². The highest BCUT2D eigenvalue weighted by molar-refractivity contribution is 5.02. The molecule has 0 aliphatic heterocycles. The summed E-state index contributed by atoms with van der Waals surface area (Å²) in [7, 11) is 0. The topological polar surface area (TPSA) is 29.5 Å². The summed E-state index contributed by atoms with van der Waals surface area (Å²) in [6.07, 6.45) is 2.34. The van der Waals surface area contributed by atoms with Crippen LogP contribution in [0, 0.1) is 5.92 Å². The zero-order valence-electron chi connectivity index (χ0n) is 8.84. The lowest BCUT2D eigenvalue weighted by Gasteiger charge is -2.27. The summed E-state index contributed by atoms with van der Waals surface area (Å²) in [6.45, 7) is 9.79. The molecule has 1 saturated carbocycles. The van der Waals surface area contributed by atoms with Gasteiger partial charge in [0, 0.05) is 5.92 Å². The second-order valence-corrected chi connectivity index (χ2v) is 4.87. The first-order valence-corrected chi connectivity index (χ1v) is 4.91. The molecule has 1 aliphatic carbocycles. The zero-order chi connectivity index (χ0) is 10.1. The highest BCUT2D eigenvalue weighted by atomic mass is 16.6. The van der Waals surface area contributed by atoms with Gasteiger partial charge in [-0.05, 0) is 40.0 Å². The van der Waals surface area contributed by atoms with Crippen molar-refractivity contribution in [1.29, 1.82) is 0 Å². The maximum Gasteiger partial charge on any atom is 0.158 e. The van der Waals surface area contributed by atoms with Crippen LogP contribution in [0.25, 0.3) is 0 Å². The smallest absolute Gasteiger partial charge is 0.158 e. The number of hydrogen-bond donors (Lipinski definition) is 1. The molecule has 2 unspecified atom stereocenters. The molecule has 1 rings (SSSR count). The van der Waals surface area contributed by atoms with Crippen molar-refractivity contribution in [2.45, 2.75) is 51.9 Å². The summed E-state index contributed by atoms with van der Waals surface area (Å²) in [5.74, 6) is 0.256. The van der Waals surface area contributed by atoms with Crippen LogP contribution in [0.5, 0.6) is 0 Å². The van der Waals surface area contributed by atoms with Gasteiger partial charge in [-0.25, -0.2) is 0 Å². The van der Waals surface area contributed by atoms with Crippen LogP contribution in [0.15, 0.2) is 12.2 Å². The van der Waals surface area contributed by atoms with Gasteiger partial charge in [-0.1, -0.05) is 12.2 Å². The first-order valence-electron chi connectivity index (χ1n) is 4.91. The van der Waals surface area contributed by atoms with Crippen molar-refractivity contribution in [3.8, 4) is 0 Å². The van der Waals surface area contributed by atoms with E-state index in [1.54, 1.807) is 0 Å². The third-order valence-corrected chi connectivity index (χ3v) is 2.30. The molecular formula is C11H20O2. The van der Waals surface area contributed by atoms with Crippen molar-refractivity contribution in [1.82, 2.24) is 0 Å². The van der Waals surface area contributed by atoms with Crippen molar-refractivity contribution >= 4 is 0 Å². The molecule has 2 heteroatoms. The van der Waals surface area contributed by atoms with E-state index >= 15 is 0 Å². The van der Waals surface area contributed by atoms with E-state index in [0.717, 1.165) is 19.3 Å². The molecule has 0 bridgehead atoms. The summed E-state index contributed by atoms with van der Waals surface area (Å²) >= 11 is 0. The van der Waals surface area contributed by atoms with Crippen LogP contribution in [-0.4, -0.2) is 17.0 Å². The Morgan fingerprint density at radius 3 is 2.54 bits per heavy atom. The maximum atomic E-state index is 9.74. The number of rotatable bonds is 2. The lowest BCUT2D eigenvalue weighted by atomic mass is 10.1. The Bertz CT molecular complexity index is 191. The third kappa shape index (κ3) is 3.49. The van der Waals surface area contributed by atoms with Gasteiger partial charge in [-0.15, -0.1) is 0 Å². The maximum absolute atomic E-state index is 9.74. The number of allylic oxidation sites excluding steroid dienone is 1. The van der Waals surface area contributed by atoms with Gasteiger partial charge in [0.15, 0.2) is 6.29 Å².